The third kappa shape index (κ3) is 23.2. The van der Waals surface area contributed by atoms with Gasteiger partial charge in [-0.25, -0.2) is 0 Å². The lowest BCUT2D eigenvalue weighted by Crippen LogP contribution is -2.23. The highest BCUT2D eigenvalue weighted by atomic mass is 16.1. The van der Waals surface area contributed by atoms with Gasteiger partial charge in [0, 0.05) is 25.3 Å². The van der Waals surface area contributed by atoms with E-state index < -0.39 is 0 Å². The van der Waals surface area contributed by atoms with Crippen LogP contribution < -0.4 is 5.32 Å². The van der Waals surface area contributed by atoms with Crippen molar-refractivity contribution in [3.63, 3.8) is 0 Å². The maximum Gasteiger partial charge on any atom is 0.219 e. The minimum absolute atomic E-state index is 0.180. The Bertz CT molecular complexity index is 339. The molecule has 0 unspecified atom stereocenters. The lowest BCUT2D eigenvalue weighted by molar-refractivity contribution is -0.122. The largest absolute Gasteiger partial charge is 0.356 e. The zero-order valence-electron chi connectivity index (χ0n) is 19.9. The minimum Gasteiger partial charge on any atom is -0.356 e. The van der Waals surface area contributed by atoms with E-state index in [1.807, 2.05) is 27.7 Å². The molecule has 3 nitrogen and oxygen atoms in total. The van der Waals surface area contributed by atoms with Crippen molar-refractivity contribution in [1.29, 1.82) is 0 Å². The van der Waals surface area contributed by atoms with Crippen molar-refractivity contribution in [3.8, 4) is 0 Å². The van der Waals surface area contributed by atoms with E-state index in [9.17, 15) is 9.59 Å². The van der Waals surface area contributed by atoms with E-state index in [4.69, 9.17) is 0 Å². The van der Waals surface area contributed by atoms with E-state index in [0.29, 0.717) is 12.2 Å². The molecule has 0 radical (unpaired) electrons. The number of rotatable bonds is 19. The summed E-state index contributed by atoms with van der Waals surface area (Å²) in [6, 6.07) is 0. The number of nitrogens with one attached hydrogen (secondary N) is 1. The number of carbonyl (C=O) groups excluding carboxylic acids is 2. The Morgan fingerprint density at radius 3 is 1.57 bits per heavy atom. The van der Waals surface area contributed by atoms with Gasteiger partial charge in [-0.2, -0.15) is 0 Å². The molecule has 0 rings (SSSR count). The van der Waals surface area contributed by atoms with Crippen LogP contribution in [0.5, 0.6) is 0 Å². The number of hydrogen-bond acceptors (Lipinski definition) is 2. The highest BCUT2D eigenvalue weighted by Gasteiger charge is 2.06. The standard InChI is InChI=1S/C23H45NO2.C2H6/c1-4-5-6-7-8-11-14-17-20-24-23(26)19-16-13-10-9-12-15-18-22(25)21(2)3;1-2/h21H,4-20H2,1-3H3,(H,24,26);1-2H3. The van der Waals surface area contributed by atoms with E-state index in [1.54, 1.807) is 0 Å². The summed E-state index contributed by atoms with van der Waals surface area (Å²) in [7, 11) is 0. The molecule has 3 heteroatoms. The average molecular weight is 398 g/mol. The number of Topliss-reactive ketones (excluding diaryl/α,β-unsaturated/α-hetero) is 1. The van der Waals surface area contributed by atoms with Gasteiger partial charge in [-0.1, -0.05) is 105 Å². The summed E-state index contributed by atoms with van der Waals surface area (Å²) in [4.78, 5) is 23.3. The van der Waals surface area contributed by atoms with Gasteiger partial charge in [-0.05, 0) is 19.3 Å². The van der Waals surface area contributed by atoms with Crippen molar-refractivity contribution in [2.75, 3.05) is 6.54 Å². The van der Waals surface area contributed by atoms with Crippen LogP contribution in [0.4, 0.5) is 0 Å². The Morgan fingerprint density at radius 1 is 0.643 bits per heavy atom. The van der Waals surface area contributed by atoms with Gasteiger partial charge < -0.3 is 5.32 Å². The van der Waals surface area contributed by atoms with Crippen molar-refractivity contribution in [2.24, 2.45) is 5.92 Å². The summed E-state index contributed by atoms with van der Waals surface area (Å²) in [6.45, 7) is 11.0. The fourth-order valence-electron chi connectivity index (χ4n) is 3.16. The van der Waals surface area contributed by atoms with Crippen molar-refractivity contribution in [3.05, 3.63) is 0 Å². The molecule has 0 spiro atoms. The van der Waals surface area contributed by atoms with Crippen molar-refractivity contribution >= 4 is 11.7 Å². The number of ketones is 1. The second kappa shape index (κ2) is 24.2. The normalized spacial score (nSPS) is 10.5. The predicted molar refractivity (Wildman–Crippen MR) is 124 cm³/mol. The van der Waals surface area contributed by atoms with Gasteiger partial charge in [0.05, 0.1) is 0 Å². The number of carbonyl (C=O) groups is 2. The Hall–Kier alpha value is -0.860. The molecule has 0 saturated heterocycles. The summed E-state index contributed by atoms with van der Waals surface area (Å²) in [6.07, 6.45) is 18.5. The number of amides is 1. The van der Waals surface area contributed by atoms with Gasteiger partial charge >= 0.3 is 0 Å². The topological polar surface area (TPSA) is 46.2 Å². The van der Waals surface area contributed by atoms with Gasteiger partial charge in [0.2, 0.25) is 5.91 Å². The molecule has 0 saturated carbocycles. The van der Waals surface area contributed by atoms with Crippen LogP contribution in [0.2, 0.25) is 0 Å². The second-order valence-corrected chi connectivity index (χ2v) is 8.07. The van der Waals surface area contributed by atoms with E-state index in [1.165, 1.54) is 57.8 Å². The Morgan fingerprint density at radius 2 is 1.07 bits per heavy atom. The molecule has 0 bridgehead atoms. The Kier molecular flexibility index (Phi) is 25.3. The molecule has 168 valence electrons. The molecule has 0 aromatic heterocycles. The van der Waals surface area contributed by atoms with Crippen molar-refractivity contribution < 1.29 is 9.59 Å². The first-order chi connectivity index (χ1) is 13.6. The van der Waals surface area contributed by atoms with E-state index in [-0.39, 0.29) is 11.8 Å². The van der Waals surface area contributed by atoms with Crippen LogP contribution in [0.3, 0.4) is 0 Å². The van der Waals surface area contributed by atoms with Crippen molar-refractivity contribution in [1.82, 2.24) is 5.32 Å². The van der Waals surface area contributed by atoms with Gasteiger partial charge in [0.1, 0.15) is 5.78 Å². The summed E-state index contributed by atoms with van der Waals surface area (Å²) in [5, 5.41) is 3.05. The highest BCUT2D eigenvalue weighted by Crippen LogP contribution is 2.11. The van der Waals surface area contributed by atoms with E-state index in [2.05, 4.69) is 12.2 Å². The second-order valence-electron chi connectivity index (χ2n) is 8.07. The van der Waals surface area contributed by atoms with Crippen LogP contribution in [0.1, 0.15) is 137 Å². The van der Waals surface area contributed by atoms with Crippen LogP contribution >= 0.6 is 0 Å². The number of hydrogen-bond donors (Lipinski definition) is 1. The molecule has 0 fully saturated rings. The molecule has 1 N–H and O–H groups in total. The Balaban J connectivity index is 0. The van der Waals surface area contributed by atoms with E-state index in [0.717, 1.165) is 45.1 Å². The first-order valence-electron chi connectivity index (χ1n) is 12.4. The summed E-state index contributed by atoms with van der Waals surface area (Å²) < 4.78 is 0. The third-order valence-corrected chi connectivity index (χ3v) is 5.07. The molecule has 0 aliphatic rings. The SMILES string of the molecule is CC.CCCCCCCCCCNC(=O)CCCCCCCCC(=O)C(C)C. The molecule has 0 aromatic rings. The predicted octanol–water partition coefficient (Wildman–Crippen LogP) is 7.62. The van der Waals surface area contributed by atoms with Gasteiger partial charge in [0.25, 0.3) is 0 Å². The van der Waals surface area contributed by atoms with Gasteiger partial charge in [-0.15, -0.1) is 0 Å². The highest BCUT2D eigenvalue weighted by molar-refractivity contribution is 5.80. The zero-order chi connectivity index (χ0) is 21.5. The molecular formula is C25H51NO2. The van der Waals surface area contributed by atoms with Crippen molar-refractivity contribution in [2.45, 2.75) is 137 Å². The van der Waals surface area contributed by atoms with E-state index >= 15 is 0 Å². The minimum atomic E-state index is 0.180. The molecule has 28 heavy (non-hydrogen) atoms. The molecule has 1 amide bonds. The summed E-state index contributed by atoms with van der Waals surface area (Å²) in [5.41, 5.74) is 0. The first kappa shape index (κ1) is 29.3. The zero-order valence-corrected chi connectivity index (χ0v) is 19.9. The smallest absolute Gasteiger partial charge is 0.219 e. The fraction of sp³-hybridized carbons (Fsp3) is 0.920. The lowest BCUT2D eigenvalue weighted by Gasteiger charge is -2.06. The van der Waals surface area contributed by atoms with Gasteiger partial charge in [0.15, 0.2) is 0 Å². The third-order valence-electron chi connectivity index (χ3n) is 5.07. The Labute approximate surface area is 176 Å². The van der Waals surface area contributed by atoms with Crippen LogP contribution in [0.25, 0.3) is 0 Å². The molecule has 0 aliphatic heterocycles. The number of unbranched alkanes of at least 4 members (excludes halogenated alkanes) is 12. The quantitative estimate of drug-likeness (QED) is 0.228. The van der Waals surface area contributed by atoms with Crippen LogP contribution in [-0.2, 0) is 9.59 Å². The van der Waals surface area contributed by atoms with Crippen LogP contribution in [-0.4, -0.2) is 18.2 Å². The molecule has 0 atom stereocenters. The maximum atomic E-state index is 11.8. The average Bonchev–Trinajstić information content (AvgIpc) is 2.70. The molecule has 0 heterocycles. The summed E-state index contributed by atoms with van der Waals surface area (Å²) >= 11 is 0. The molecule has 0 aromatic carbocycles. The van der Waals surface area contributed by atoms with Crippen LogP contribution in [0, 0.1) is 5.92 Å². The molecule has 0 aliphatic carbocycles. The first-order valence-corrected chi connectivity index (χ1v) is 12.4. The van der Waals surface area contributed by atoms with Gasteiger partial charge in [-0.3, -0.25) is 9.59 Å². The monoisotopic (exact) mass is 397 g/mol. The molecular weight excluding hydrogens is 346 g/mol. The maximum absolute atomic E-state index is 11.8. The fourth-order valence-corrected chi connectivity index (χ4v) is 3.16. The lowest BCUT2D eigenvalue weighted by atomic mass is 10.0. The summed E-state index contributed by atoms with van der Waals surface area (Å²) in [5.74, 6) is 0.785. The van der Waals surface area contributed by atoms with Crippen LogP contribution in [0.15, 0.2) is 0 Å².